The fourth-order valence-electron chi connectivity index (χ4n) is 2.71. The molecule has 2 aromatic carbocycles. The van der Waals surface area contributed by atoms with Crippen molar-refractivity contribution in [3.05, 3.63) is 94.4 Å². The highest BCUT2D eigenvalue weighted by Crippen LogP contribution is 2.26. The Labute approximate surface area is 149 Å². The lowest BCUT2D eigenvalue weighted by Crippen LogP contribution is -1.87. The normalized spacial score (nSPS) is 11.2. The number of hydrogen-bond acceptors (Lipinski definition) is 4. The molecule has 26 heavy (non-hydrogen) atoms. The number of para-hydroxylation sites is 1. The Morgan fingerprint density at radius 1 is 0.923 bits per heavy atom. The third kappa shape index (κ3) is 3.23. The fourth-order valence-corrected chi connectivity index (χ4v) is 2.71. The highest BCUT2D eigenvalue weighted by molar-refractivity contribution is 5.80. The highest BCUT2D eigenvalue weighted by Gasteiger charge is 2.09. The molecule has 4 aromatic rings. The molecular formula is C21H14N2O3. The summed E-state index contributed by atoms with van der Waals surface area (Å²) >= 11 is 0. The summed E-state index contributed by atoms with van der Waals surface area (Å²) < 4.78 is 5.78. The van der Waals surface area contributed by atoms with Crippen LogP contribution in [-0.2, 0) is 0 Å². The number of benzene rings is 2. The number of nitrogens with zero attached hydrogens (tertiary/aromatic N) is 2. The van der Waals surface area contributed by atoms with Gasteiger partial charge in [0.15, 0.2) is 0 Å². The summed E-state index contributed by atoms with van der Waals surface area (Å²) in [5, 5.41) is 12.0. The van der Waals surface area contributed by atoms with Gasteiger partial charge in [-0.2, -0.15) is 0 Å². The maximum Gasteiger partial charge on any atom is 0.270 e. The molecule has 0 unspecified atom stereocenters. The standard InChI is InChI=1S/C21H14N2O3/c24-23(25)18-6-3-5-16(14-18)21-13-12-19(26-21)11-10-17-9-8-15-4-1-2-7-20(15)22-17/h1-14H. The van der Waals surface area contributed by atoms with E-state index in [0.717, 1.165) is 16.6 Å². The molecule has 0 saturated carbocycles. The van der Waals surface area contributed by atoms with Gasteiger partial charge in [-0.25, -0.2) is 4.98 Å². The van der Waals surface area contributed by atoms with Crippen molar-refractivity contribution >= 4 is 28.7 Å². The van der Waals surface area contributed by atoms with E-state index in [0.29, 0.717) is 17.1 Å². The van der Waals surface area contributed by atoms with Gasteiger partial charge < -0.3 is 4.42 Å². The molecule has 0 bridgehead atoms. The monoisotopic (exact) mass is 342 g/mol. The number of nitro groups is 1. The lowest BCUT2D eigenvalue weighted by molar-refractivity contribution is -0.384. The van der Waals surface area contributed by atoms with E-state index in [4.69, 9.17) is 4.42 Å². The Balaban J connectivity index is 1.58. The molecule has 4 rings (SSSR count). The molecule has 2 aromatic heterocycles. The van der Waals surface area contributed by atoms with Crippen molar-refractivity contribution in [2.75, 3.05) is 0 Å². The van der Waals surface area contributed by atoms with Crippen LogP contribution >= 0.6 is 0 Å². The minimum Gasteiger partial charge on any atom is -0.457 e. The highest BCUT2D eigenvalue weighted by atomic mass is 16.6. The van der Waals surface area contributed by atoms with Crippen LogP contribution in [0.25, 0.3) is 34.4 Å². The van der Waals surface area contributed by atoms with E-state index >= 15 is 0 Å². The summed E-state index contributed by atoms with van der Waals surface area (Å²) in [6.45, 7) is 0. The third-order valence-electron chi connectivity index (χ3n) is 4.01. The second-order valence-corrected chi connectivity index (χ2v) is 5.77. The molecule has 0 N–H and O–H groups in total. The molecule has 0 fully saturated rings. The van der Waals surface area contributed by atoms with Gasteiger partial charge in [-0.15, -0.1) is 0 Å². The SMILES string of the molecule is O=[N+]([O-])c1cccc(-c2ccc(C=Cc3ccc4ccccc4n3)o2)c1. The molecule has 5 heteroatoms. The first kappa shape index (κ1) is 15.8. The van der Waals surface area contributed by atoms with Crippen LogP contribution in [-0.4, -0.2) is 9.91 Å². The predicted molar refractivity (Wildman–Crippen MR) is 101 cm³/mol. The lowest BCUT2D eigenvalue weighted by atomic mass is 10.1. The fraction of sp³-hybridized carbons (Fsp3) is 0. The Hall–Kier alpha value is -3.73. The van der Waals surface area contributed by atoms with Crippen molar-refractivity contribution in [2.45, 2.75) is 0 Å². The van der Waals surface area contributed by atoms with Crippen molar-refractivity contribution in [3.63, 3.8) is 0 Å². The van der Waals surface area contributed by atoms with Crippen LogP contribution in [0, 0.1) is 10.1 Å². The molecule has 0 saturated heterocycles. The molecule has 0 radical (unpaired) electrons. The van der Waals surface area contributed by atoms with Gasteiger partial charge in [0.25, 0.3) is 5.69 Å². The first-order valence-corrected chi connectivity index (χ1v) is 8.07. The second kappa shape index (κ2) is 6.64. The largest absolute Gasteiger partial charge is 0.457 e. The van der Waals surface area contributed by atoms with E-state index in [9.17, 15) is 10.1 Å². The maximum atomic E-state index is 10.9. The number of rotatable bonds is 4. The van der Waals surface area contributed by atoms with Gasteiger partial charge in [-0.3, -0.25) is 10.1 Å². The Morgan fingerprint density at radius 2 is 1.81 bits per heavy atom. The van der Waals surface area contributed by atoms with Crippen molar-refractivity contribution < 1.29 is 9.34 Å². The smallest absolute Gasteiger partial charge is 0.270 e. The summed E-state index contributed by atoms with van der Waals surface area (Å²) in [5.41, 5.74) is 2.47. The van der Waals surface area contributed by atoms with Crippen LogP contribution in [0.1, 0.15) is 11.5 Å². The zero-order chi connectivity index (χ0) is 17.9. The second-order valence-electron chi connectivity index (χ2n) is 5.77. The molecule has 0 spiro atoms. The molecular weight excluding hydrogens is 328 g/mol. The number of fused-ring (bicyclic) bond motifs is 1. The first-order valence-electron chi connectivity index (χ1n) is 8.07. The average Bonchev–Trinajstić information content (AvgIpc) is 3.15. The van der Waals surface area contributed by atoms with Crippen molar-refractivity contribution in [1.29, 1.82) is 0 Å². The van der Waals surface area contributed by atoms with Gasteiger partial charge in [0.05, 0.1) is 16.1 Å². The van der Waals surface area contributed by atoms with Crippen molar-refractivity contribution in [3.8, 4) is 11.3 Å². The number of furan rings is 1. The van der Waals surface area contributed by atoms with E-state index in [1.807, 2.05) is 54.6 Å². The Kier molecular flexibility index (Phi) is 4.03. The van der Waals surface area contributed by atoms with Crippen LogP contribution in [0.3, 0.4) is 0 Å². The summed E-state index contributed by atoms with van der Waals surface area (Å²) in [6, 6.07) is 21.9. The van der Waals surface area contributed by atoms with Gasteiger partial charge in [0, 0.05) is 23.1 Å². The van der Waals surface area contributed by atoms with Gasteiger partial charge in [-0.1, -0.05) is 36.4 Å². The molecule has 0 amide bonds. The van der Waals surface area contributed by atoms with E-state index < -0.39 is 4.92 Å². The van der Waals surface area contributed by atoms with Gasteiger partial charge in [0.2, 0.25) is 0 Å². The molecule has 2 heterocycles. The van der Waals surface area contributed by atoms with Crippen molar-refractivity contribution in [2.24, 2.45) is 0 Å². The topological polar surface area (TPSA) is 69.2 Å². The van der Waals surface area contributed by atoms with E-state index in [2.05, 4.69) is 4.98 Å². The van der Waals surface area contributed by atoms with Crippen LogP contribution in [0.5, 0.6) is 0 Å². The number of hydrogen-bond donors (Lipinski definition) is 0. The molecule has 126 valence electrons. The molecule has 0 aliphatic rings. The lowest BCUT2D eigenvalue weighted by Gasteiger charge is -1.98. The molecule has 0 atom stereocenters. The summed E-state index contributed by atoms with van der Waals surface area (Å²) in [7, 11) is 0. The summed E-state index contributed by atoms with van der Waals surface area (Å²) in [5.74, 6) is 1.24. The third-order valence-corrected chi connectivity index (χ3v) is 4.01. The molecule has 5 nitrogen and oxygen atoms in total. The molecule has 0 aliphatic heterocycles. The summed E-state index contributed by atoms with van der Waals surface area (Å²) in [6.07, 6.45) is 3.71. The predicted octanol–water partition coefficient (Wildman–Crippen LogP) is 5.57. The minimum absolute atomic E-state index is 0.0383. The molecule has 0 aliphatic carbocycles. The number of non-ortho nitro benzene ring substituents is 1. The zero-order valence-electron chi connectivity index (χ0n) is 13.7. The Morgan fingerprint density at radius 3 is 2.69 bits per heavy atom. The van der Waals surface area contributed by atoms with Gasteiger partial charge in [-0.05, 0) is 36.4 Å². The van der Waals surface area contributed by atoms with Gasteiger partial charge >= 0.3 is 0 Å². The number of aromatic nitrogens is 1. The Bertz CT molecular complexity index is 1130. The maximum absolute atomic E-state index is 10.9. The average molecular weight is 342 g/mol. The van der Waals surface area contributed by atoms with Crippen LogP contribution in [0.4, 0.5) is 5.69 Å². The first-order chi connectivity index (χ1) is 12.7. The minimum atomic E-state index is -0.418. The van der Waals surface area contributed by atoms with Crippen LogP contribution in [0.2, 0.25) is 0 Å². The number of pyridine rings is 1. The van der Waals surface area contributed by atoms with E-state index in [1.165, 1.54) is 12.1 Å². The number of nitro benzene ring substituents is 1. The quantitative estimate of drug-likeness (QED) is 0.359. The van der Waals surface area contributed by atoms with Crippen LogP contribution < -0.4 is 0 Å². The van der Waals surface area contributed by atoms with Gasteiger partial charge in [0.1, 0.15) is 11.5 Å². The summed E-state index contributed by atoms with van der Waals surface area (Å²) in [4.78, 5) is 15.1. The zero-order valence-corrected chi connectivity index (χ0v) is 13.7. The van der Waals surface area contributed by atoms with Crippen molar-refractivity contribution in [1.82, 2.24) is 4.98 Å². The van der Waals surface area contributed by atoms with Crippen LogP contribution in [0.15, 0.2) is 77.2 Å². The van der Waals surface area contributed by atoms with E-state index in [-0.39, 0.29) is 5.69 Å². The van der Waals surface area contributed by atoms with E-state index in [1.54, 1.807) is 18.2 Å².